The van der Waals surface area contributed by atoms with E-state index in [1.54, 1.807) is 0 Å². The number of carbonyl (C=O) groups excluding carboxylic acids is 2. The number of para-hydroxylation sites is 1. The van der Waals surface area contributed by atoms with E-state index in [1.165, 1.54) is 11.3 Å². The van der Waals surface area contributed by atoms with Gasteiger partial charge in [-0.3, -0.25) is 9.59 Å². The van der Waals surface area contributed by atoms with E-state index in [0.717, 1.165) is 37.1 Å². The SMILES string of the molecule is CC(C)CCC(=O)NCC(=O)NCc1nn(-c2ccccc2)c2c1CCC2. The molecule has 0 atom stereocenters. The van der Waals surface area contributed by atoms with E-state index < -0.39 is 0 Å². The Bertz CT molecular complexity index is 796. The third kappa shape index (κ3) is 4.96. The Labute approximate surface area is 160 Å². The third-order valence-corrected chi connectivity index (χ3v) is 4.86. The Kier molecular flexibility index (Phi) is 6.27. The topological polar surface area (TPSA) is 76.0 Å². The lowest BCUT2D eigenvalue weighted by atomic mass is 10.1. The maximum atomic E-state index is 12.1. The number of carbonyl (C=O) groups is 2. The standard InChI is InChI=1S/C21H28N4O2/c1-15(2)11-12-20(26)23-14-21(27)22-13-18-17-9-6-10-19(17)25(24-18)16-7-4-3-5-8-16/h3-5,7-8,15H,6,9-14H2,1-2H3,(H,22,27)(H,23,26). The molecule has 6 nitrogen and oxygen atoms in total. The van der Waals surface area contributed by atoms with Crippen molar-refractivity contribution in [3.63, 3.8) is 0 Å². The second kappa shape index (κ2) is 8.84. The van der Waals surface area contributed by atoms with E-state index in [-0.39, 0.29) is 18.4 Å². The molecule has 0 bridgehead atoms. The van der Waals surface area contributed by atoms with Crippen LogP contribution >= 0.6 is 0 Å². The number of benzene rings is 1. The predicted molar refractivity (Wildman–Crippen MR) is 105 cm³/mol. The molecule has 2 aromatic rings. The molecule has 3 rings (SSSR count). The van der Waals surface area contributed by atoms with Crippen molar-refractivity contribution in [1.29, 1.82) is 0 Å². The lowest BCUT2D eigenvalue weighted by Crippen LogP contribution is -2.36. The van der Waals surface area contributed by atoms with E-state index in [1.807, 2.05) is 35.0 Å². The van der Waals surface area contributed by atoms with Gasteiger partial charge >= 0.3 is 0 Å². The molecule has 0 radical (unpaired) electrons. The smallest absolute Gasteiger partial charge is 0.239 e. The molecule has 6 heteroatoms. The summed E-state index contributed by atoms with van der Waals surface area (Å²) in [6.07, 6.45) is 4.42. The Hall–Kier alpha value is -2.63. The molecular weight excluding hydrogens is 340 g/mol. The van der Waals surface area contributed by atoms with Gasteiger partial charge in [0.05, 0.1) is 24.5 Å². The van der Waals surface area contributed by atoms with Crippen LogP contribution in [0.1, 0.15) is 50.1 Å². The van der Waals surface area contributed by atoms with Crippen molar-refractivity contribution in [3.05, 3.63) is 47.3 Å². The van der Waals surface area contributed by atoms with Crippen LogP contribution in [0.2, 0.25) is 0 Å². The van der Waals surface area contributed by atoms with E-state index in [9.17, 15) is 9.59 Å². The van der Waals surface area contributed by atoms with Gasteiger partial charge < -0.3 is 10.6 Å². The first-order chi connectivity index (χ1) is 13.0. The molecule has 0 spiro atoms. The Morgan fingerprint density at radius 1 is 1.11 bits per heavy atom. The zero-order valence-corrected chi connectivity index (χ0v) is 16.1. The number of amides is 2. The van der Waals surface area contributed by atoms with Crippen molar-refractivity contribution in [2.24, 2.45) is 5.92 Å². The number of rotatable bonds is 8. The van der Waals surface area contributed by atoms with E-state index in [4.69, 9.17) is 5.10 Å². The molecule has 1 aromatic carbocycles. The first-order valence-corrected chi connectivity index (χ1v) is 9.73. The Balaban J connectivity index is 1.56. The number of nitrogens with zero attached hydrogens (tertiary/aromatic N) is 2. The molecule has 1 heterocycles. The van der Waals surface area contributed by atoms with Gasteiger partial charge in [0.25, 0.3) is 0 Å². The van der Waals surface area contributed by atoms with Crippen LogP contribution < -0.4 is 10.6 Å². The molecule has 2 amide bonds. The summed E-state index contributed by atoms with van der Waals surface area (Å²) in [7, 11) is 0. The zero-order valence-electron chi connectivity index (χ0n) is 16.1. The van der Waals surface area contributed by atoms with Crippen LogP contribution in [0.15, 0.2) is 30.3 Å². The highest BCUT2D eigenvalue weighted by Crippen LogP contribution is 2.27. The Morgan fingerprint density at radius 2 is 1.89 bits per heavy atom. The van der Waals surface area contributed by atoms with Gasteiger partial charge in [-0.05, 0) is 49.3 Å². The zero-order chi connectivity index (χ0) is 19.2. The summed E-state index contributed by atoms with van der Waals surface area (Å²) < 4.78 is 2.00. The largest absolute Gasteiger partial charge is 0.349 e. The molecule has 1 aliphatic carbocycles. The maximum absolute atomic E-state index is 12.1. The van der Waals surface area contributed by atoms with Crippen molar-refractivity contribution in [2.75, 3.05) is 6.54 Å². The van der Waals surface area contributed by atoms with Gasteiger partial charge in [-0.25, -0.2) is 4.68 Å². The third-order valence-electron chi connectivity index (χ3n) is 4.86. The lowest BCUT2D eigenvalue weighted by Gasteiger charge is -2.08. The average molecular weight is 368 g/mol. The minimum absolute atomic E-state index is 0.0124. The molecule has 144 valence electrons. The van der Waals surface area contributed by atoms with Gasteiger partial charge in [-0.15, -0.1) is 0 Å². The molecule has 0 aliphatic heterocycles. The number of nitrogens with one attached hydrogen (secondary N) is 2. The highest BCUT2D eigenvalue weighted by Gasteiger charge is 2.23. The first kappa shape index (κ1) is 19.1. The highest BCUT2D eigenvalue weighted by molar-refractivity contribution is 5.84. The highest BCUT2D eigenvalue weighted by atomic mass is 16.2. The van der Waals surface area contributed by atoms with Crippen molar-refractivity contribution in [1.82, 2.24) is 20.4 Å². The second-order valence-corrected chi connectivity index (χ2v) is 7.46. The fraction of sp³-hybridized carbons (Fsp3) is 0.476. The quantitative estimate of drug-likeness (QED) is 0.752. The molecule has 0 unspecified atom stereocenters. The normalized spacial score (nSPS) is 12.9. The van der Waals surface area contributed by atoms with E-state index >= 15 is 0 Å². The molecule has 0 saturated heterocycles. The Morgan fingerprint density at radius 3 is 2.63 bits per heavy atom. The fourth-order valence-corrected chi connectivity index (χ4v) is 3.37. The van der Waals surface area contributed by atoms with Crippen LogP contribution in [0, 0.1) is 5.92 Å². The van der Waals surface area contributed by atoms with Gasteiger partial charge in [-0.2, -0.15) is 5.10 Å². The minimum atomic E-state index is -0.186. The fourth-order valence-electron chi connectivity index (χ4n) is 3.37. The summed E-state index contributed by atoms with van der Waals surface area (Å²) in [6, 6.07) is 10.1. The average Bonchev–Trinajstić information content (AvgIpc) is 3.26. The van der Waals surface area contributed by atoms with Gasteiger partial charge in [0, 0.05) is 12.1 Å². The molecular formula is C21H28N4O2. The molecule has 2 N–H and O–H groups in total. The van der Waals surface area contributed by atoms with E-state index in [0.29, 0.717) is 18.9 Å². The summed E-state index contributed by atoms with van der Waals surface area (Å²) >= 11 is 0. The predicted octanol–water partition coefficient (Wildman–Crippen LogP) is 2.53. The summed E-state index contributed by atoms with van der Waals surface area (Å²) in [5, 5.41) is 10.3. The molecule has 1 aliphatic rings. The van der Waals surface area contributed by atoms with Crippen LogP contribution in [0.25, 0.3) is 5.69 Å². The summed E-state index contributed by atoms with van der Waals surface area (Å²) in [4.78, 5) is 23.8. The van der Waals surface area contributed by atoms with Crippen molar-refractivity contribution in [2.45, 2.75) is 52.5 Å². The van der Waals surface area contributed by atoms with Crippen LogP contribution in [0.4, 0.5) is 0 Å². The van der Waals surface area contributed by atoms with E-state index in [2.05, 4.69) is 24.5 Å². The molecule has 0 fully saturated rings. The van der Waals surface area contributed by atoms with Gasteiger partial charge in [0.1, 0.15) is 0 Å². The van der Waals surface area contributed by atoms with Gasteiger partial charge in [0.2, 0.25) is 11.8 Å². The summed E-state index contributed by atoms with van der Waals surface area (Å²) in [6.45, 7) is 4.56. The van der Waals surface area contributed by atoms with Crippen molar-refractivity contribution >= 4 is 11.8 Å². The minimum Gasteiger partial charge on any atom is -0.349 e. The summed E-state index contributed by atoms with van der Waals surface area (Å²) in [5.74, 6) is 0.216. The van der Waals surface area contributed by atoms with Crippen LogP contribution in [-0.2, 0) is 29.0 Å². The molecule has 0 saturated carbocycles. The number of hydrogen-bond donors (Lipinski definition) is 2. The van der Waals surface area contributed by atoms with Crippen molar-refractivity contribution < 1.29 is 9.59 Å². The molecule has 1 aromatic heterocycles. The maximum Gasteiger partial charge on any atom is 0.239 e. The second-order valence-electron chi connectivity index (χ2n) is 7.46. The van der Waals surface area contributed by atoms with Gasteiger partial charge in [-0.1, -0.05) is 32.0 Å². The number of hydrogen-bond acceptors (Lipinski definition) is 3. The van der Waals surface area contributed by atoms with Crippen LogP contribution in [0.5, 0.6) is 0 Å². The molecule has 27 heavy (non-hydrogen) atoms. The van der Waals surface area contributed by atoms with Crippen LogP contribution in [0.3, 0.4) is 0 Å². The van der Waals surface area contributed by atoms with Crippen molar-refractivity contribution in [3.8, 4) is 5.69 Å². The number of fused-ring (bicyclic) bond motifs is 1. The first-order valence-electron chi connectivity index (χ1n) is 9.73. The van der Waals surface area contributed by atoms with Crippen LogP contribution in [-0.4, -0.2) is 28.1 Å². The number of aromatic nitrogens is 2. The monoisotopic (exact) mass is 368 g/mol. The van der Waals surface area contributed by atoms with Gasteiger partial charge in [0.15, 0.2) is 0 Å². The summed E-state index contributed by atoms with van der Waals surface area (Å²) in [5.41, 5.74) is 4.46. The lowest BCUT2D eigenvalue weighted by molar-refractivity contribution is -0.126.